The van der Waals surface area contributed by atoms with E-state index < -0.39 is 0 Å². The Kier molecular flexibility index (Phi) is 5.29. The quantitative estimate of drug-likeness (QED) is 0.746. The lowest BCUT2D eigenvalue weighted by Gasteiger charge is -2.26. The molecule has 1 aromatic rings. The zero-order valence-corrected chi connectivity index (χ0v) is 13.4. The van der Waals surface area contributed by atoms with Gasteiger partial charge in [-0.15, -0.1) is 0 Å². The third-order valence-electron chi connectivity index (χ3n) is 4.61. The van der Waals surface area contributed by atoms with Crippen molar-refractivity contribution >= 4 is 11.6 Å². The van der Waals surface area contributed by atoms with Gasteiger partial charge in [0.25, 0.3) is 0 Å². The zero-order valence-electron chi connectivity index (χ0n) is 12.6. The summed E-state index contributed by atoms with van der Waals surface area (Å²) in [7, 11) is 0. The van der Waals surface area contributed by atoms with E-state index in [-0.39, 0.29) is 0 Å². The van der Waals surface area contributed by atoms with Crippen LogP contribution in [0.1, 0.15) is 51.0 Å². The second-order valence-electron chi connectivity index (χ2n) is 6.51. The predicted molar refractivity (Wildman–Crippen MR) is 88.1 cm³/mol. The molecule has 1 saturated carbocycles. The average molecular weight is 292 g/mol. The standard InChI is InChI=1S/C18H26ClN/c1-12(2)13(3)18(11-14-4-9-17(20)10-14)15-5-7-16(19)8-6-15/h5-8,12,14,17-18H,3-4,9-11,20H2,1-2H3/t14?,17-,18-/m1/s1. The molecule has 0 saturated heterocycles. The Morgan fingerprint density at radius 2 is 1.95 bits per heavy atom. The molecule has 1 aromatic carbocycles. The van der Waals surface area contributed by atoms with Gasteiger partial charge in [0.05, 0.1) is 0 Å². The molecule has 1 fully saturated rings. The van der Waals surface area contributed by atoms with Crippen LogP contribution in [0.2, 0.25) is 5.02 Å². The van der Waals surface area contributed by atoms with Crippen molar-refractivity contribution in [3.8, 4) is 0 Å². The molecular weight excluding hydrogens is 266 g/mol. The molecule has 1 aliphatic rings. The number of hydrogen-bond donors (Lipinski definition) is 1. The van der Waals surface area contributed by atoms with Crippen LogP contribution in [0.4, 0.5) is 0 Å². The minimum absolute atomic E-state index is 0.401. The Morgan fingerprint density at radius 3 is 2.45 bits per heavy atom. The molecule has 0 radical (unpaired) electrons. The second kappa shape index (κ2) is 6.78. The lowest BCUT2D eigenvalue weighted by atomic mass is 9.79. The molecule has 1 unspecified atom stereocenters. The zero-order chi connectivity index (χ0) is 14.7. The number of rotatable bonds is 5. The minimum Gasteiger partial charge on any atom is -0.328 e. The smallest absolute Gasteiger partial charge is 0.0406 e. The molecule has 2 N–H and O–H groups in total. The Balaban J connectivity index is 2.16. The lowest BCUT2D eigenvalue weighted by molar-refractivity contribution is 0.449. The van der Waals surface area contributed by atoms with Gasteiger partial charge in [0.15, 0.2) is 0 Å². The van der Waals surface area contributed by atoms with Gasteiger partial charge in [0.2, 0.25) is 0 Å². The summed E-state index contributed by atoms with van der Waals surface area (Å²) in [6.07, 6.45) is 4.77. The largest absolute Gasteiger partial charge is 0.328 e. The summed E-state index contributed by atoms with van der Waals surface area (Å²) in [5.74, 6) is 1.68. The van der Waals surface area contributed by atoms with E-state index in [9.17, 15) is 0 Å². The molecule has 0 heterocycles. The summed E-state index contributed by atoms with van der Waals surface area (Å²) in [5, 5.41) is 0.797. The fraction of sp³-hybridized carbons (Fsp3) is 0.556. The van der Waals surface area contributed by atoms with Crippen LogP contribution < -0.4 is 5.73 Å². The Bertz CT molecular complexity index is 449. The van der Waals surface area contributed by atoms with Gasteiger partial charge in [0, 0.05) is 17.0 Å². The van der Waals surface area contributed by atoms with E-state index in [0.29, 0.717) is 17.9 Å². The third-order valence-corrected chi connectivity index (χ3v) is 4.86. The SMILES string of the molecule is C=C(C(C)C)[C@@H](CC1CC[C@@H](N)C1)c1ccc(Cl)cc1. The van der Waals surface area contributed by atoms with Gasteiger partial charge in [-0.25, -0.2) is 0 Å². The highest BCUT2D eigenvalue weighted by molar-refractivity contribution is 6.30. The van der Waals surface area contributed by atoms with Gasteiger partial charge in [-0.1, -0.05) is 49.7 Å². The van der Waals surface area contributed by atoms with E-state index in [1.807, 2.05) is 12.1 Å². The maximum absolute atomic E-state index is 6.06. The molecule has 0 spiro atoms. The number of benzene rings is 1. The van der Waals surface area contributed by atoms with Crippen molar-refractivity contribution in [2.75, 3.05) is 0 Å². The summed E-state index contributed by atoms with van der Waals surface area (Å²) in [6.45, 7) is 8.81. The first-order chi connectivity index (χ1) is 9.47. The van der Waals surface area contributed by atoms with Crippen molar-refractivity contribution in [3.05, 3.63) is 47.0 Å². The van der Waals surface area contributed by atoms with E-state index in [2.05, 4.69) is 32.6 Å². The van der Waals surface area contributed by atoms with Crippen LogP contribution >= 0.6 is 11.6 Å². The van der Waals surface area contributed by atoms with Gasteiger partial charge >= 0.3 is 0 Å². The van der Waals surface area contributed by atoms with Crippen LogP contribution in [0.3, 0.4) is 0 Å². The topological polar surface area (TPSA) is 26.0 Å². The van der Waals surface area contributed by atoms with E-state index in [0.717, 1.165) is 17.4 Å². The second-order valence-corrected chi connectivity index (χ2v) is 6.95. The van der Waals surface area contributed by atoms with Gasteiger partial charge in [-0.3, -0.25) is 0 Å². The van der Waals surface area contributed by atoms with Crippen molar-refractivity contribution < 1.29 is 0 Å². The monoisotopic (exact) mass is 291 g/mol. The van der Waals surface area contributed by atoms with Crippen LogP contribution in [0.15, 0.2) is 36.4 Å². The summed E-state index contributed by atoms with van der Waals surface area (Å²) < 4.78 is 0. The lowest BCUT2D eigenvalue weighted by Crippen LogP contribution is -2.16. The first-order valence-electron chi connectivity index (χ1n) is 7.67. The number of halogens is 1. The van der Waals surface area contributed by atoms with Gasteiger partial charge < -0.3 is 5.73 Å². The van der Waals surface area contributed by atoms with Gasteiger partial charge in [-0.2, -0.15) is 0 Å². The first kappa shape index (κ1) is 15.6. The van der Waals surface area contributed by atoms with Crippen LogP contribution in [0, 0.1) is 11.8 Å². The Hall–Kier alpha value is -0.790. The van der Waals surface area contributed by atoms with Gasteiger partial charge in [-0.05, 0) is 55.2 Å². The molecule has 0 aliphatic heterocycles. The summed E-state index contributed by atoms with van der Waals surface area (Å²) in [4.78, 5) is 0. The number of nitrogens with two attached hydrogens (primary N) is 1. The molecular formula is C18H26ClN. The maximum atomic E-state index is 6.06. The molecule has 2 heteroatoms. The normalized spacial score (nSPS) is 24.1. The maximum Gasteiger partial charge on any atom is 0.0406 e. The third kappa shape index (κ3) is 3.86. The van der Waals surface area contributed by atoms with Crippen LogP contribution in [-0.4, -0.2) is 6.04 Å². The number of hydrogen-bond acceptors (Lipinski definition) is 1. The van der Waals surface area contributed by atoms with Crippen LogP contribution in [0.5, 0.6) is 0 Å². The molecule has 1 aliphatic carbocycles. The molecule has 20 heavy (non-hydrogen) atoms. The van der Waals surface area contributed by atoms with Crippen molar-refractivity contribution in [2.24, 2.45) is 17.6 Å². The summed E-state index contributed by atoms with van der Waals surface area (Å²) in [6, 6.07) is 8.67. The fourth-order valence-electron chi connectivity index (χ4n) is 3.26. The van der Waals surface area contributed by atoms with Gasteiger partial charge in [0.1, 0.15) is 0 Å². The Labute approximate surface area is 128 Å². The van der Waals surface area contributed by atoms with Crippen molar-refractivity contribution in [1.82, 2.24) is 0 Å². The molecule has 0 amide bonds. The fourth-order valence-corrected chi connectivity index (χ4v) is 3.39. The average Bonchev–Trinajstić information content (AvgIpc) is 2.82. The molecule has 0 aromatic heterocycles. The highest BCUT2D eigenvalue weighted by atomic mass is 35.5. The van der Waals surface area contributed by atoms with Crippen LogP contribution in [0.25, 0.3) is 0 Å². The summed E-state index contributed by atoms with van der Waals surface area (Å²) in [5.41, 5.74) is 8.72. The van der Waals surface area contributed by atoms with Crippen molar-refractivity contribution in [3.63, 3.8) is 0 Å². The van der Waals surface area contributed by atoms with Crippen LogP contribution in [-0.2, 0) is 0 Å². The molecule has 0 bridgehead atoms. The van der Waals surface area contributed by atoms with Crippen molar-refractivity contribution in [2.45, 2.75) is 51.5 Å². The minimum atomic E-state index is 0.401. The molecule has 1 nitrogen and oxygen atoms in total. The first-order valence-corrected chi connectivity index (χ1v) is 8.05. The van der Waals surface area contributed by atoms with E-state index in [4.69, 9.17) is 17.3 Å². The summed E-state index contributed by atoms with van der Waals surface area (Å²) >= 11 is 6.01. The molecule has 3 atom stereocenters. The van der Waals surface area contributed by atoms with E-state index in [1.54, 1.807) is 0 Å². The molecule has 110 valence electrons. The predicted octanol–water partition coefficient (Wildman–Crippen LogP) is 5.15. The van der Waals surface area contributed by atoms with Crippen molar-refractivity contribution in [1.29, 1.82) is 0 Å². The van der Waals surface area contributed by atoms with E-state index >= 15 is 0 Å². The molecule has 2 rings (SSSR count). The highest BCUT2D eigenvalue weighted by Crippen LogP contribution is 2.39. The van der Waals surface area contributed by atoms with E-state index in [1.165, 1.54) is 30.4 Å². The number of allylic oxidation sites excluding steroid dienone is 1. The Morgan fingerprint density at radius 1 is 1.30 bits per heavy atom. The highest BCUT2D eigenvalue weighted by Gasteiger charge is 2.27.